The average Bonchev–Trinajstić information content (AvgIpc) is 3.25. The topological polar surface area (TPSA) is 187 Å². The summed E-state index contributed by atoms with van der Waals surface area (Å²) in [4.78, 5) is 28.9. The maximum Gasteiger partial charge on any atom is 0.294 e. The third-order valence-electron chi connectivity index (χ3n) is 4.11. The molecule has 4 rings (SSSR count). The monoisotopic (exact) mass is 432 g/mol. The van der Waals surface area contributed by atoms with E-state index in [2.05, 4.69) is 25.3 Å². The summed E-state index contributed by atoms with van der Waals surface area (Å²) in [6.07, 6.45) is -1.41. The molecule has 0 spiro atoms. The minimum Gasteiger partial charge on any atom is -0.371 e. The first-order valence-corrected chi connectivity index (χ1v) is 8.02. The lowest BCUT2D eigenvalue weighted by atomic mass is 10.1. The zero-order chi connectivity index (χ0) is 20.1. The van der Waals surface area contributed by atoms with Gasteiger partial charge in [-0.25, -0.2) is 5.84 Å². The van der Waals surface area contributed by atoms with Gasteiger partial charge in [0, 0.05) is 10.8 Å². The summed E-state index contributed by atoms with van der Waals surface area (Å²) >= 11 is 0. The fraction of sp³-hybridized carbons (Fsp3) is 0.429. The van der Waals surface area contributed by atoms with Crippen molar-refractivity contribution in [1.29, 1.82) is 0 Å². The van der Waals surface area contributed by atoms with Gasteiger partial charge in [-0.05, 0) is 0 Å². The van der Waals surface area contributed by atoms with Gasteiger partial charge in [0.2, 0.25) is 0 Å². The Morgan fingerprint density at radius 2 is 1.62 bits per heavy atom. The molecule has 14 nitrogen and oxygen atoms in total. The first-order chi connectivity index (χ1) is 13.5. The van der Waals surface area contributed by atoms with Gasteiger partial charge in [-0.3, -0.25) is 0 Å². The highest BCUT2D eigenvalue weighted by molar-refractivity contribution is 5.90. The fourth-order valence-electron chi connectivity index (χ4n) is 2.97. The van der Waals surface area contributed by atoms with Crippen molar-refractivity contribution in [2.45, 2.75) is 24.4 Å². The molecule has 0 unspecified atom stereocenters. The van der Waals surface area contributed by atoms with Crippen molar-refractivity contribution in [3.05, 3.63) is 50.7 Å². The number of nitrogens with two attached hydrogens (primary N) is 1. The number of hydrogen-bond donors (Lipinski definition) is 2. The number of nitrogen functional groups attached to an aromatic ring is 1. The van der Waals surface area contributed by atoms with Gasteiger partial charge in [-0.15, -0.1) is 37.7 Å². The average molecular weight is 433 g/mol. The number of nitrogens with one attached hydrogen (secondary N) is 1. The third kappa shape index (κ3) is 5.26. The summed E-state index contributed by atoms with van der Waals surface area (Å²) in [5, 5.41) is 28.0. The van der Waals surface area contributed by atoms with Crippen molar-refractivity contribution in [2.75, 3.05) is 18.6 Å². The van der Waals surface area contributed by atoms with Crippen LogP contribution in [0.2, 0.25) is 0 Å². The van der Waals surface area contributed by atoms with Crippen LogP contribution in [0.3, 0.4) is 0 Å². The Morgan fingerprint density at radius 1 is 1.07 bits per heavy atom. The molecule has 3 N–H and O–H groups in total. The predicted molar refractivity (Wildman–Crippen MR) is 97.8 cm³/mol. The molecule has 0 radical (unpaired) electrons. The SMILES string of the molecule is Cl.NNc1nncc2ccccc12.O=[N+]([O-])O[C@H]1CO[C@H]2[C@@H]1OC[C@H]2O[N+](=O)[O-]. The van der Waals surface area contributed by atoms with Gasteiger partial charge in [0.25, 0.3) is 10.2 Å². The Morgan fingerprint density at radius 3 is 2.14 bits per heavy atom. The van der Waals surface area contributed by atoms with E-state index in [0.29, 0.717) is 5.82 Å². The van der Waals surface area contributed by atoms with E-state index in [1.165, 1.54) is 0 Å². The van der Waals surface area contributed by atoms with E-state index in [1.54, 1.807) is 6.20 Å². The van der Waals surface area contributed by atoms with Gasteiger partial charge in [0.15, 0.2) is 18.0 Å². The molecule has 0 bridgehead atoms. The van der Waals surface area contributed by atoms with Crippen molar-refractivity contribution in [2.24, 2.45) is 5.84 Å². The Kier molecular flexibility index (Phi) is 7.60. The number of ether oxygens (including phenoxy) is 2. The van der Waals surface area contributed by atoms with E-state index < -0.39 is 34.6 Å². The van der Waals surface area contributed by atoms with Crippen LogP contribution in [0.4, 0.5) is 5.82 Å². The molecule has 0 aliphatic carbocycles. The van der Waals surface area contributed by atoms with Crippen LogP contribution in [-0.4, -0.2) is 58.0 Å². The maximum atomic E-state index is 10.1. The van der Waals surface area contributed by atoms with E-state index in [0.717, 1.165) is 10.8 Å². The fourth-order valence-corrected chi connectivity index (χ4v) is 2.97. The van der Waals surface area contributed by atoms with E-state index in [9.17, 15) is 20.2 Å². The van der Waals surface area contributed by atoms with Crippen LogP contribution < -0.4 is 11.3 Å². The Balaban J connectivity index is 0.000000207. The first-order valence-electron chi connectivity index (χ1n) is 8.02. The zero-order valence-corrected chi connectivity index (χ0v) is 15.5. The van der Waals surface area contributed by atoms with Crippen LogP contribution in [0.5, 0.6) is 0 Å². The normalized spacial score (nSPS) is 24.4. The van der Waals surface area contributed by atoms with E-state index >= 15 is 0 Å². The second-order valence-electron chi connectivity index (χ2n) is 5.76. The van der Waals surface area contributed by atoms with Gasteiger partial charge in [-0.2, -0.15) is 5.10 Å². The molecular weight excluding hydrogens is 416 g/mol. The molecule has 2 saturated heterocycles. The minimum atomic E-state index is -0.943. The van der Waals surface area contributed by atoms with Gasteiger partial charge in [-0.1, -0.05) is 24.3 Å². The van der Waals surface area contributed by atoms with E-state index in [-0.39, 0.29) is 25.6 Å². The number of aromatic nitrogens is 2. The van der Waals surface area contributed by atoms with Crippen LogP contribution in [0.1, 0.15) is 0 Å². The van der Waals surface area contributed by atoms with Crippen LogP contribution in [0.15, 0.2) is 30.5 Å². The molecular formula is C14H17ClN6O8. The number of benzene rings is 1. The minimum absolute atomic E-state index is 0. The Labute approximate surface area is 168 Å². The molecule has 158 valence electrons. The highest BCUT2D eigenvalue weighted by atomic mass is 35.5. The summed E-state index contributed by atoms with van der Waals surface area (Å²) in [6.45, 7) is -0.0955. The van der Waals surface area contributed by atoms with Crippen molar-refractivity contribution in [3.63, 3.8) is 0 Å². The predicted octanol–water partition coefficient (Wildman–Crippen LogP) is 0.275. The molecule has 29 heavy (non-hydrogen) atoms. The van der Waals surface area contributed by atoms with Crippen LogP contribution in [-0.2, 0) is 19.1 Å². The van der Waals surface area contributed by atoms with Gasteiger partial charge >= 0.3 is 0 Å². The van der Waals surface area contributed by atoms with E-state index in [4.69, 9.17) is 15.3 Å². The highest BCUT2D eigenvalue weighted by Gasteiger charge is 2.51. The number of hydrazine groups is 1. The molecule has 0 saturated carbocycles. The lowest BCUT2D eigenvalue weighted by molar-refractivity contribution is -0.769. The molecule has 2 aliphatic rings. The molecule has 15 heteroatoms. The summed E-state index contributed by atoms with van der Waals surface area (Å²) in [6, 6.07) is 7.79. The molecule has 1 aromatic carbocycles. The molecule has 2 aliphatic heterocycles. The second-order valence-corrected chi connectivity index (χ2v) is 5.76. The molecule has 2 aromatic rings. The van der Waals surface area contributed by atoms with Crippen molar-refractivity contribution in [1.82, 2.24) is 10.2 Å². The summed E-state index contributed by atoms with van der Waals surface area (Å²) < 4.78 is 10.2. The summed E-state index contributed by atoms with van der Waals surface area (Å²) in [5.74, 6) is 5.87. The van der Waals surface area contributed by atoms with Crippen LogP contribution >= 0.6 is 12.4 Å². The maximum absolute atomic E-state index is 10.1. The Bertz CT molecular complexity index is 824. The van der Waals surface area contributed by atoms with Gasteiger partial charge < -0.3 is 24.6 Å². The molecule has 4 atom stereocenters. The van der Waals surface area contributed by atoms with Crippen molar-refractivity contribution in [3.8, 4) is 0 Å². The lowest BCUT2D eigenvalue weighted by Crippen LogP contribution is -2.35. The zero-order valence-electron chi connectivity index (χ0n) is 14.7. The lowest BCUT2D eigenvalue weighted by Gasteiger charge is -2.13. The smallest absolute Gasteiger partial charge is 0.294 e. The standard InChI is InChI=1S/C8H8N4.C6H8N2O8.ClH/c9-11-8-7-4-2-1-3-6(7)5-10-12-8;9-7(10)15-3-1-13-6-4(16-8(11)12)2-14-5(3)6;/h1-5H,9H2,(H,11,12);3-6H,1-2H2;1H/t;3-,4+,5-,6-;/m.1./s1. The third-order valence-corrected chi connectivity index (χ3v) is 4.11. The number of hydrogen-bond acceptors (Lipinski definition) is 12. The molecule has 1 aromatic heterocycles. The van der Waals surface area contributed by atoms with E-state index in [1.807, 2.05) is 24.3 Å². The number of fused-ring (bicyclic) bond motifs is 2. The van der Waals surface area contributed by atoms with Crippen LogP contribution in [0, 0.1) is 20.2 Å². The van der Waals surface area contributed by atoms with Gasteiger partial charge in [0.1, 0.15) is 12.2 Å². The quantitative estimate of drug-likeness (QED) is 0.373. The number of anilines is 1. The summed E-state index contributed by atoms with van der Waals surface area (Å²) in [7, 11) is 0. The summed E-state index contributed by atoms with van der Waals surface area (Å²) in [5.41, 5.74) is 2.50. The van der Waals surface area contributed by atoms with Gasteiger partial charge in [0.05, 0.1) is 19.4 Å². The molecule has 3 heterocycles. The molecule has 0 amide bonds. The number of halogens is 1. The van der Waals surface area contributed by atoms with Crippen LogP contribution in [0.25, 0.3) is 10.8 Å². The van der Waals surface area contributed by atoms with Crippen molar-refractivity contribution < 1.29 is 29.3 Å². The second kappa shape index (κ2) is 9.92. The van der Waals surface area contributed by atoms with Crippen molar-refractivity contribution >= 4 is 29.0 Å². The Hall–Kier alpha value is -3.07. The molecule has 2 fully saturated rings. The number of rotatable bonds is 5. The largest absolute Gasteiger partial charge is 0.371 e. The number of nitrogens with zero attached hydrogens (tertiary/aromatic N) is 4. The highest BCUT2D eigenvalue weighted by Crippen LogP contribution is 2.30. The first kappa shape index (κ1) is 22.2.